The largest absolute Gasteiger partial charge is 0.325 e. The molecule has 3 unspecified atom stereocenters. The first kappa shape index (κ1) is 15.5. The molecule has 0 aromatic carbocycles. The van der Waals surface area contributed by atoms with Crippen LogP contribution >= 0.6 is 0 Å². The summed E-state index contributed by atoms with van der Waals surface area (Å²) in [6.07, 6.45) is 3.12. The molecule has 7 heteroatoms. The van der Waals surface area contributed by atoms with Crippen LogP contribution in [0.15, 0.2) is 4.90 Å². The lowest BCUT2D eigenvalue weighted by atomic mass is 9.78. The van der Waals surface area contributed by atoms with Crippen LogP contribution in [0.1, 0.15) is 44.5 Å². The molecule has 4 N–H and O–H groups in total. The maximum absolute atomic E-state index is 12.6. The summed E-state index contributed by atoms with van der Waals surface area (Å²) in [7, 11) is -3.57. The summed E-state index contributed by atoms with van der Waals surface area (Å²) in [6, 6.07) is -0.0105. The van der Waals surface area contributed by atoms with Crippen LogP contribution in [0.25, 0.3) is 0 Å². The Balaban J connectivity index is 2.25. The van der Waals surface area contributed by atoms with Crippen LogP contribution in [0.5, 0.6) is 0 Å². The highest BCUT2D eigenvalue weighted by Crippen LogP contribution is 2.31. The predicted molar refractivity (Wildman–Crippen MR) is 77.5 cm³/mol. The quantitative estimate of drug-likeness (QED) is 0.779. The van der Waals surface area contributed by atoms with E-state index in [4.69, 9.17) is 5.73 Å². The summed E-state index contributed by atoms with van der Waals surface area (Å²) in [4.78, 5) is 0.213. The highest BCUT2D eigenvalue weighted by Gasteiger charge is 2.32. The van der Waals surface area contributed by atoms with Gasteiger partial charge in [-0.3, -0.25) is 5.10 Å². The van der Waals surface area contributed by atoms with Crippen LogP contribution in [0.2, 0.25) is 0 Å². The van der Waals surface area contributed by atoms with Crippen LogP contribution in [0.3, 0.4) is 0 Å². The molecule has 20 heavy (non-hydrogen) atoms. The van der Waals surface area contributed by atoms with Crippen LogP contribution in [0.4, 0.5) is 0 Å². The minimum atomic E-state index is -3.57. The maximum Gasteiger partial charge on any atom is 0.244 e. The van der Waals surface area contributed by atoms with E-state index in [0.717, 1.165) is 19.3 Å². The molecule has 0 spiro atoms. The van der Waals surface area contributed by atoms with Gasteiger partial charge in [-0.05, 0) is 25.2 Å². The van der Waals surface area contributed by atoms with E-state index in [2.05, 4.69) is 28.8 Å². The Morgan fingerprint density at radius 3 is 2.75 bits per heavy atom. The molecule has 0 amide bonds. The minimum absolute atomic E-state index is 0.0105. The summed E-state index contributed by atoms with van der Waals surface area (Å²) >= 11 is 0. The highest BCUT2D eigenvalue weighted by atomic mass is 32.2. The summed E-state index contributed by atoms with van der Waals surface area (Å²) in [5.74, 6) is 0.878. The van der Waals surface area contributed by atoms with Crippen LogP contribution in [0, 0.1) is 18.8 Å². The topological polar surface area (TPSA) is 101 Å². The molecule has 0 bridgehead atoms. The van der Waals surface area contributed by atoms with Crippen molar-refractivity contribution in [3.05, 3.63) is 11.4 Å². The van der Waals surface area contributed by atoms with Gasteiger partial charge in [-0.2, -0.15) is 5.10 Å². The zero-order valence-corrected chi connectivity index (χ0v) is 13.1. The molecular weight excluding hydrogens is 276 g/mol. The summed E-state index contributed by atoms with van der Waals surface area (Å²) in [5.41, 5.74) is 6.50. The molecule has 0 radical (unpaired) electrons. The second-order valence-corrected chi connectivity index (χ2v) is 7.47. The minimum Gasteiger partial charge on any atom is -0.325 e. The van der Waals surface area contributed by atoms with Gasteiger partial charge in [0.2, 0.25) is 10.0 Å². The Labute approximate surface area is 120 Å². The number of aromatic amines is 1. The van der Waals surface area contributed by atoms with Gasteiger partial charge >= 0.3 is 0 Å². The van der Waals surface area contributed by atoms with Crippen LogP contribution in [-0.4, -0.2) is 24.7 Å². The zero-order valence-electron chi connectivity index (χ0n) is 12.3. The molecule has 1 aliphatic carbocycles. The van der Waals surface area contributed by atoms with Gasteiger partial charge in [0.1, 0.15) is 4.90 Å². The number of nitrogens with one attached hydrogen (secondary N) is 2. The predicted octanol–water partition coefficient (Wildman–Crippen LogP) is 1.28. The van der Waals surface area contributed by atoms with E-state index in [1.165, 1.54) is 0 Å². The Hall–Kier alpha value is -0.920. The second-order valence-electron chi connectivity index (χ2n) is 5.82. The third-order valence-electron chi connectivity index (χ3n) is 4.44. The van der Waals surface area contributed by atoms with Crippen molar-refractivity contribution in [2.75, 3.05) is 0 Å². The van der Waals surface area contributed by atoms with Crippen molar-refractivity contribution < 1.29 is 8.42 Å². The Kier molecular flexibility index (Phi) is 4.51. The van der Waals surface area contributed by atoms with E-state index in [0.29, 0.717) is 23.2 Å². The third kappa shape index (κ3) is 2.89. The monoisotopic (exact) mass is 300 g/mol. The molecular formula is C13H24N4O2S. The molecule has 1 aromatic rings. The Morgan fingerprint density at radius 1 is 1.40 bits per heavy atom. The number of H-pyrrole nitrogens is 1. The molecule has 3 atom stereocenters. The van der Waals surface area contributed by atoms with Gasteiger partial charge in [0.25, 0.3) is 0 Å². The molecule has 1 aliphatic rings. The third-order valence-corrected chi connectivity index (χ3v) is 6.13. The van der Waals surface area contributed by atoms with E-state index in [1.54, 1.807) is 6.92 Å². The Bertz CT molecular complexity index is 567. The van der Waals surface area contributed by atoms with Crippen molar-refractivity contribution >= 4 is 10.0 Å². The fourth-order valence-corrected chi connectivity index (χ4v) is 4.71. The standard InChI is InChI=1S/C13H24N4O2S/c1-8-5-4-6-11(9(8)2)17-20(18,19)13-10(3)15-16-12(13)7-14/h8-9,11,17H,4-7,14H2,1-3H3,(H,15,16). The summed E-state index contributed by atoms with van der Waals surface area (Å²) in [6.45, 7) is 6.10. The summed E-state index contributed by atoms with van der Waals surface area (Å²) < 4.78 is 28.0. The molecule has 1 fully saturated rings. The molecule has 1 heterocycles. The van der Waals surface area contributed by atoms with Crippen LogP contribution in [-0.2, 0) is 16.6 Å². The van der Waals surface area contributed by atoms with Crippen molar-refractivity contribution in [3.8, 4) is 0 Å². The lowest BCUT2D eigenvalue weighted by Crippen LogP contribution is -2.43. The van der Waals surface area contributed by atoms with E-state index in [9.17, 15) is 8.42 Å². The highest BCUT2D eigenvalue weighted by molar-refractivity contribution is 7.89. The van der Waals surface area contributed by atoms with Gasteiger partial charge in [-0.15, -0.1) is 0 Å². The lowest BCUT2D eigenvalue weighted by molar-refractivity contribution is 0.227. The number of nitrogens with zero attached hydrogens (tertiary/aromatic N) is 1. The number of hydrogen-bond donors (Lipinski definition) is 3. The first-order chi connectivity index (χ1) is 9.36. The number of aryl methyl sites for hydroxylation is 1. The van der Waals surface area contributed by atoms with Gasteiger partial charge in [-0.1, -0.05) is 26.7 Å². The first-order valence-electron chi connectivity index (χ1n) is 7.13. The van der Waals surface area contributed by atoms with Gasteiger partial charge in [0.15, 0.2) is 0 Å². The molecule has 114 valence electrons. The number of nitrogens with two attached hydrogens (primary N) is 1. The smallest absolute Gasteiger partial charge is 0.244 e. The van der Waals surface area contributed by atoms with Gasteiger partial charge < -0.3 is 5.73 Å². The molecule has 0 saturated heterocycles. The fourth-order valence-electron chi connectivity index (χ4n) is 2.97. The van der Waals surface area contributed by atoms with Crippen LogP contribution < -0.4 is 10.5 Å². The van der Waals surface area contributed by atoms with Gasteiger partial charge in [0, 0.05) is 12.6 Å². The van der Waals surface area contributed by atoms with E-state index < -0.39 is 10.0 Å². The van der Waals surface area contributed by atoms with Crippen molar-refractivity contribution in [1.29, 1.82) is 0 Å². The SMILES string of the molecule is Cc1[nH]nc(CN)c1S(=O)(=O)NC1CCCC(C)C1C. The number of sulfonamides is 1. The molecule has 1 saturated carbocycles. The first-order valence-corrected chi connectivity index (χ1v) is 8.61. The average Bonchev–Trinajstić information content (AvgIpc) is 2.77. The van der Waals surface area contributed by atoms with Gasteiger partial charge in [-0.25, -0.2) is 13.1 Å². The zero-order chi connectivity index (χ0) is 14.9. The molecule has 6 nitrogen and oxygen atoms in total. The summed E-state index contributed by atoms with van der Waals surface area (Å²) in [5, 5.41) is 6.66. The molecule has 1 aromatic heterocycles. The maximum atomic E-state index is 12.6. The van der Waals surface area contributed by atoms with Crippen molar-refractivity contribution in [2.24, 2.45) is 17.6 Å². The second kappa shape index (κ2) is 5.83. The van der Waals surface area contributed by atoms with E-state index in [-0.39, 0.29) is 17.5 Å². The van der Waals surface area contributed by atoms with Crippen molar-refractivity contribution in [3.63, 3.8) is 0 Å². The van der Waals surface area contributed by atoms with Gasteiger partial charge in [0.05, 0.1) is 11.4 Å². The number of hydrogen-bond acceptors (Lipinski definition) is 4. The average molecular weight is 300 g/mol. The Morgan fingerprint density at radius 2 is 2.10 bits per heavy atom. The van der Waals surface area contributed by atoms with Crippen molar-refractivity contribution in [2.45, 2.75) is 57.5 Å². The van der Waals surface area contributed by atoms with E-state index in [1.807, 2.05) is 0 Å². The van der Waals surface area contributed by atoms with Crippen molar-refractivity contribution in [1.82, 2.24) is 14.9 Å². The number of aromatic nitrogens is 2. The molecule has 0 aliphatic heterocycles. The lowest BCUT2D eigenvalue weighted by Gasteiger charge is -2.34. The molecule has 2 rings (SSSR count). The number of rotatable bonds is 4. The normalized spacial score (nSPS) is 27.7. The van der Waals surface area contributed by atoms with E-state index >= 15 is 0 Å². The fraction of sp³-hybridized carbons (Fsp3) is 0.769.